The SMILES string of the molecule is CC1CCC2(CC1)NCC1CCCC1O2. The summed E-state index contributed by atoms with van der Waals surface area (Å²) in [6, 6.07) is 0. The maximum Gasteiger partial charge on any atom is 0.119 e. The third kappa shape index (κ3) is 1.83. The van der Waals surface area contributed by atoms with Crippen LogP contribution in [0.5, 0.6) is 0 Å². The van der Waals surface area contributed by atoms with Gasteiger partial charge in [-0.05, 0) is 50.4 Å². The molecular formula is C13H23NO. The van der Waals surface area contributed by atoms with Crippen LogP contribution in [0.15, 0.2) is 0 Å². The van der Waals surface area contributed by atoms with Gasteiger partial charge in [-0.1, -0.05) is 13.3 Å². The summed E-state index contributed by atoms with van der Waals surface area (Å²) < 4.78 is 6.38. The zero-order chi connectivity index (χ0) is 10.3. The van der Waals surface area contributed by atoms with Crippen molar-refractivity contribution in [3.63, 3.8) is 0 Å². The van der Waals surface area contributed by atoms with Crippen molar-refractivity contribution < 1.29 is 4.74 Å². The van der Waals surface area contributed by atoms with Crippen molar-refractivity contribution in [2.24, 2.45) is 11.8 Å². The zero-order valence-electron chi connectivity index (χ0n) is 9.80. The van der Waals surface area contributed by atoms with Gasteiger partial charge in [-0.3, -0.25) is 5.32 Å². The van der Waals surface area contributed by atoms with E-state index in [1.54, 1.807) is 0 Å². The lowest BCUT2D eigenvalue weighted by atomic mass is 9.83. The number of hydrogen-bond acceptors (Lipinski definition) is 2. The maximum atomic E-state index is 6.38. The second kappa shape index (κ2) is 3.74. The fourth-order valence-corrected chi connectivity index (χ4v) is 3.56. The zero-order valence-corrected chi connectivity index (χ0v) is 9.80. The topological polar surface area (TPSA) is 21.3 Å². The molecule has 1 saturated heterocycles. The summed E-state index contributed by atoms with van der Waals surface area (Å²) >= 11 is 0. The molecule has 86 valence electrons. The molecular weight excluding hydrogens is 186 g/mol. The van der Waals surface area contributed by atoms with Crippen molar-refractivity contribution in [3.05, 3.63) is 0 Å². The van der Waals surface area contributed by atoms with Gasteiger partial charge in [-0.2, -0.15) is 0 Å². The Morgan fingerprint density at radius 2 is 1.93 bits per heavy atom. The van der Waals surface area contributed by atoms with Gasteiger partial charge < -0.3 is 4.74 Å². The average molecular weight is 209 g/mol. The monoisotopic (exact) mass is 209 g/mol. The molecule has 0 aromatic carbocycles. The highest BCUT2D eigenvalue weighted by molar-refractivity contribution is 4.93. The second-order valence-electron chi connectivity index (χ2n) is 5.90. The molecule has 0 aromatic rings. The van der Waals surface area contributed by atoms with Crippen LogP contribution in [0.2, 0.25) is 0 Å². The highest BCUT2D eigenvalue weighted by atomic mass is 16.5. The van der Waals surface area contributed by atoms with E-state index >= 15 is 0 Å². The van der Waals surface area contributed by atoms with Crippen LogP contribution in [0.25, 0.3) is 0 Å². The first-order chi connectivity index (χ1) is 7.27. The smallest absolute Gasteiger partial charge is 0.119 e. The highest BCUT2D eigenvalue weighted by Crippen LogP contribution is 2.41. The largest absolute Gasteiger partial charge is 0.357 e. The first-order valence-electron chi connectivity index (χ1n) is 6.70. The van der Waals surface area contributed by atoms with E-state index in [0.717, 1.165) is 11.8 Å². The highest BCUT2D eigenvalue weighted by Gasteiger charge is 2.44. The Morgan fingerprint density at radius 1 is 1.13 bits per heavy atom. The van der Waals surface area contributed by atoms with E-state index in [4.69, 9.17) is 4.74 Å². The summed E-state index contributed by atoms with van der Waals surface area (Å²) in [6.07, 6.45) is 9.79. The third-order valence-corrected chi connectivity index (χ3v) is 4.73. The van der Waals surface area contributed by atoms with Crippen LogP contribution in [-0.2, 0) is 4.74 Å². The molecule has 0 amide bonds. The van der Waals surface area contributed by atoms with E-state index in [9.17, 15) is 0 Å². The maximum absolute atomic E-state index is 6.38. The minimum atomic E-state index is 0.0814. The molecule has 15 heavy (non-hydrogen) atoms. The molecule has 2 atom stereocenters. The Bertz CT molecular complexity index is 233. The quantitative estimate of drug-likeness (QED) is 0.662. The van der Waals surface area contributed by atoms with Crippen molar-refractivity contribution in [2.45, 2.75) is 63.7 Å². The summed E-state index contributed by atoms with van der Waals surface area (Å²) in [4.78, 5) is 0. The lowest BCUT2D eigenvalue weighted by Crippen LogP contribution is -2.58. The first-order valence-corrected chi connectivity index (χ1v) is 6.70. The number of nitrogens with one attached hydrogen (secondary N) is 1. The lowest BCUT2D eigenvalue weighted by Gasteiger charge is -2.47. The summed E-state index contributed by atoms with van der Waals surface area (Å²) in [6.45, 7) is 3.58. The molecule has 1 N–H and O–H groups in total. The van der Waals surface area contributed by atoms with Crippen LogP contribution >= 0.6 is 0 Å². The molecule has 0 radical (unpaired) electrons. The van der Waals surface area contributed by atoms with Gasteiger partial charge in [0.25, 0.3) is 0 Å². The third-order valence-electron chi connectivity index (χ3n) is 4.73. The Balaban J connectivity index is 1.67. The summed E-state index contributed by atoms with van der Waals surface area (Å²) in [5.41, 5.74) is 0.0814. The summed E-state index contributed by atoms with van der Waals surface area (Å²) in [5, 5.41) is 3.70. The van der Waals surface area contributed by atoms with Gasteiger partial charge in [-0.15, -0.1) is 0 Å². The average Bonchev–Trinajstić information content (AvgIpc) is 2.70. The molecule has 2 saturated carbocycles. The molecule has 0 bridgehead atoms. The van der Waals surface area contributed by atoms with Crippen LogP contribution < -0.4 is 5.32 Å². The number of hydrogen-bond donors (Lipinski definition) is 1. The van der Waals surface area contributed by atoms with Crippen molar-refractivity contribution in [3.8, 4) is 0 Å². The summed E-state index contributed by atoms with van der Waals surface area (Å²) in [5.74, 6) is 1.72. The van der Waals surface area contributed by atoms with Gasteiger partial charge >= 0.3 is 0 Å². The molecule has 0 aromatic heterocycles. The fraction of sp³-hybridized carbons (Fsp3) is 1.00. The molecule has 3 aliphatic rings. The van der Waals surface area contributed by atoms with Crippen LogP contribution in [0.3, 0.4) is 0 Å². The van der Waals surface area contributed by atoms with Gasteiger partial charge in [0, 0.05) is 6.54 Å². The normalized spacial score (nSPS) is 50.6. The van der Waals surface area contributed by atoms with Gasteiger partial charge in [-0.25, -0.2) is 0 Å². The number of fused-ring (bicyclic) bond motifs is 1. The molecule has 2 heteroatoms. The van der Waals surface area contributed by atoms with E-state index in [1.165, 1.54) is 51.5 Å². The standard InChI is InChI=1S/C13H23NO/c1-10-5-7-13(8-6-10)14-9-11-3-2-4-12(11)15-13/h10-12,14H,2-9H2,1H3. The molecule has 3 fully saturated rings. The summed E-state index contributed by atoms with van der Waals surface area (Å²) in [7, 11) is 0. The van der Waals surface area contributed by atoms with Gasteiger partial charge in [0.2, 0.25) is 0 Å². The van der Waals surface area contributed by atoms with Crippen LogP contribution in [0.4, 0.5) is 0 Å². The van der Waals surface area contributed by atoms with Crippen LogP contribution in [0.1, 0.15) is 51.9 Å². The number of ether oxygens (including phenoxy) is 1. The minimum absolute atomic E-state index is 0.0814. The van der Waals surface area contributed by atoms with Gasteiger partial charge in [0.1, 0.15) is 5.72 Å². The lowest BCUT2D eigenvalue weighted by molar-refractivity contribution is -0.175. The molecule has 3 rings (SSSR count). The van der Waals surface area contributed by atoms with E-state index in [0.29, 0.717) is 6.10 Å². The van der Waals surface area contributed by atoms with E-state index in [-0.39, 0.29) is 5.72 Å². The van der Waals surface area contributed by atoms with Crippen LogP contribution in [0, 0.1) is 11.8 Å². The first kappa shape index (κ1) is 10.1. The molecule has 1 aliphatic heterocycles. The van der Waals surface area contributed by atoms with Crippen molar-refractivity contribution >= 4 is 0 Å². The Hall–Kier alpha value is -0.0800. The number of rotatable bonds is 0. The van der Waals surface area contributed by atoms with E-state index < -0.39 is 0 Å². The molecule has 2 aliphatic carbocycles. The molecule has 1 heterocycles. The van der Waals surface area contributed by atoms with Crippen LogP contribution in [-0.4, -0.2) is 18.4 Å². The Morgan fingerprint density at radius 3 is 2.73 bits per heavy atom. The van der Waals surface area contributed by atoms with Gasteiger partial charge in [0.05, 0.1) is 6.10 Å². The van der Waals surface area contributed by atoms with Crippen molar-refractivity contribution in [1.29, 1.82) is 0 Å². The molecule has 2 nitrogen and oxygen atoms in total. The van der Waals surface area contributed by atoms with Crippen molar-refractivity contribution in [2.75, 3.05) is 6.54 Å². The van der Waals surface area contributed by atoms with Gasteiger partial charge in [0.15, 0.2) is 0 Å². The minimum Gasteiger partial charge on any atom is -0.357 e. The van der Waals surface area contributed by atoms with E-state index in [1.807, 2.05) is 0 Å². The molecule has 1 spiro atoms. The molecule has 2 unspecified atom stereocenters. The second-order valence-corrected chi connectivity index (χ2v) is 5.90. The Labute approximate surface area is 92.8 Å². The Kier molecular flexibility index (Phi) is 2.52. The van der Waals surface area contributed by atoms with Crippen molar-refractivity contribution in [1.82, 2.24) is 5.32 Å². The fourth-order valence-electron chi connectivity index (χ4n) is 3.56. The van der Waals surface area contributed by atoms with E-state index in [2.05, 4.69) is 12.2 Å². The predicted octanol–water partition coefficient (Wildman–Crippen LogP) is 2.68. The predicted molar refractivity (Wildman–Crippen MR) is 60.6 cm³/mol.